The van der Waals surface area contributed by atoms with Gasteiger partial charge in [0.15, 0.2) is 0 Å². The molecule has 0 aliphatic carbocycles. The maximum absolute atomic E-state index is 10.1. The minimum Gasteiger partial charge on any atom is -0.462 e. The summed E-state index contributed by atoms with van der Waals surface area (Å²) in [6.45, 7) is 2.87. The van der Waals surface area contributed by atoms with Crippen LogP contribution in [0, 0.1) is 0 Å². The van der Waals surface area contributed by atoms with E-state index in [-0.39, 0.29) is 54.7 Å². The van der Waals surface area contributed by atoms with E-state index in [1.165, 1.54) is 13.8 Å². The van der Waals surface area contributed by atoms with Crippen LogP contribution < -0.4 is 0 Å². The number of ether oxygens (including phenoxy) is 2. The van der Waals surface area contributed by atoms with Gasteiger partial charge in [0.2, 0.25) is 0 Å². The first-order chi connectivity index (χ1) is 4.63. The average Bonchev–Trinajstić information content (AvgIpc) is 1.79. The normalized spacial score (nSPS) is 7.82. The maximum atomic E-state index is 10.1. The van der Waals surface area contributed by atoms with Crippen molar-refractivity contribution in [2.45, 2.75) is 13.8 Å². The first-order valence-electron chi connectivity index (χ1n) is 2.89. The molecule has 1 radical (unpaired) electrons. The molecule has 0 spiro atoms. The van der Waals surface area contributed by atoms with Gasteiger partial charge in [0.25, 0.3) is 0 Å². The molecule has 4 nitrogen and oxygen atoms in total. The fourth-order valence-corrected chi connectivity index (χ4v) is 0.371. The second-order valence-electron chi connectivity index (χ2n) is 1.68. The third-order valence-electron chi connectivity index (χ3n) is 0.694. The molecular weight excluding hydrogens is 159 g/mol. The third kappa shape index (κ3) is 13.0. The maximum Gasteiger partial charge on any atom is 0.302 e. The van der Waals surface area contributed by atoms with Crippen molar-refractivity contribution >= 4 is 41.5 Å². The molecule has 0 atom stereocenters. The number of carbonyl (C=O) groups is 2. The van der Waals surface area contributed by atoms with Crippen LogP contribution in [-0.4, -0.2) is 54.7 Å². The molecule has 0 N–H and O–H groups in total. The van der Waals surface area contributed by atoms with Crippen molar-refractivity contribution in [2.75, 3.05) is 13.2 Å². The molecule has 11 heavy (non-hydrogen) atoms. The Morgan fingerprint density at radius 1 is 1.00 bits per heavy atom. The molecule has 0 rings (SSSR count). The summed E-state index contributed by atoms with van der Waals surface area (Å²) in [5.74, 6) is -0.737. The standard InChI is InChI=1S/C6H10O4.Na/c1-5(7)9-3-4-10-6(2)8;/h3-4H2,1-2H3;. The van der Waals surface area contributed by atoms with Gasteiger partial charge in [-0.3, -0.25) is 9.59 Å². The van der Waals surface area contributed by atoms with E-state index in [1.54, 1.807) is 0 Å². The minimum absolute atomic E-state index is 0. The number of hydrogen-bond donors (Lipinski definition) is 0. The van der Waals surface area contributed by atoms with E-state index in [4.69, 9.17) is 0 Å². The summed E-state index contributed by atoms with van der Waals surface area (Å²) in [5, 5.41) is 0. The SMILES string of the molecule is CC(=O)OCCOC(C)=O.[Na]. The van der Waals surface area contributed by atoms with Crippen LogP contribution in [0.2, 0.25) is 0 Å². The van der Waals surface area contributed by atoms with Crippen LogP contribution in [0.5, 0.6) is 0 Å². The predicted octanol–water partition coefficient (Wildman–Crippen LogP) is -0.268. The van der Waals surface area contributed by atoms with Gasteiger partial charge in [0.05, 0.1) is 0 Å². The van der Waals surface area contributed by atoms with E-state index in [2.05, 4.69) is 9.47 Å². The third-order valence-corrected chi connectivity index (χ3v) is 0.694. The molecule has 0 amide bonds. The molecule has 59 valence electrons. The Morgan fingerprint density at radius 3 is 1.45 bits per heavy atom. The molecule has 0 fully saturated rings. The molecule has 0 heterocycles. The zero-order valence-electron chi connectivity index (χ0n) is 7.05. The van der Waals surface area contributed by atoms with Crippen molar-refractivity contribution in [3.05, 3.63) is 0 Å². The molecule has 0 bridgehead atoms. The summed E-state index contributed by atoms with van der Waals surface area (Å²) in [4.78, 5) is 20.3. The van der Waals surface area contributed by atoms with Crippen molar-refractivity contribution in [2.24, 2.45) is 0 Å². The fourth-order valence-electron chi connectivity index (χ4n) is 0.371. The predicted molar refractivity (Wildman–Crippen MR) is 39.0 cm³/mol. The molecule has 0 aliphatic heterocycles. The van der Waals surface area contributed by atoms with Crippen LogP contribution in [0.1, 0.15) is 13.8 Å². The Kier molecular flexibility index (Phi) is 9.89. The van der Waals surface area contributed by atoms with E-state index in [1.807, 2.05) is 0 Å². The van der Waals surface area contributed by atoms with Crippen LogP contribution in [-0.2, 0) is 19.1 Å². The van der Waals surface area contributed by atoms with E-state index in [0.717, 1.165) is 0 Å². The largest absolute Gasteiger partial charge is 0.462 e. The molecule has 0 saturated heterocycles. The Labute approximate surface area is 87.5 Å². The smallest absolute Gasteiger partial charge is 0.302 e. The number of esters is 2. The fraction of sp³-hybridized carbons (Fsp3) is 0.667. The molecular formula is C6H10NaO4. The topological polar surface area (TPSA) is 52.6 Å². The van der Waals surface area contributed by atoms with Crippen LogP contribution in [0.3, 0.4) is 0 Å². The van der Waals surface area contributed by atoms with Crippen molar-refractivity contribution in [3.63, 3.8) is 0 Å². The van der Waals surface area contributed by atoms with Gasteiger partial charge in [0, 0.05) is 43.4 Å². The van der Waals surface area contributed by atoms with E-state index >= 15 is 0 Å². The van der Waals surface area contributed by atoms with Gasteiger partial charge in [-0.25, -0.2) is 0 Å². The second-order valence-corrected chi connectivity index (χ2v) is 1.68. The Morgan fingerprint density at radius 2 is 1.27 bits per heavy atom. The molecule has 0 unspecified atom stereocenters. The van der Waals surface area contributed by atoms with Crippen LogP contribution >= 0.6 is 0 Å². The number of hydrogen-bond acceptors (Lipinski definition) is 4. The molecule has 0 aromatic heterocycles. The van der Waals surface area contributed by atoms with Crippen molar-refractivity contribution < 1.29 is 19.1 Å². The van der Waals surface area contributed by atoms with Gasteiger partial charge in [-0.1, -0.05) is 0 Å². The van der Waals surface area contributed by atoms with E-state index in [0.29, 0.717) is 0 Å². The average molecular weight is 169 g/mol. The van der Waals surface area contributed by atoms with Gasteiger partial charge in [-0.15, -0.1) is 0 Å². The first kappa shape index (κ1) is 13.5. The monoisotopic (exact) mass is 169 g/mol. The number of rotatable bonds is 3. The summed E-state index contributed by atoms with van der Waals surface area (Å²) < 4.78 is 8.95. The van der Waals surface area contributed by atoms with Gasteiger partial charge >= 0.3 is 11.9 Å². The minimum atomic E-state index is -0.368. The molecule has 5 heteroatoms. The van der Waals surface area contributed by atoms with Gasteiger partial charge in [-0.2, -0.15) is 0 Å². The van der Waals surface area contributed by atoms with Crippen LogP contribution in [0.25, 0.3) is 0 Å². The van der Waals surface area contributed by atoms with Crippen molar-refractivity contribution in [3.8, 4) is 0 Å². The zero-order chi connectivity index (χ0) is 7.98. The summed E-state index contributed by atoms with van der Waals surface area (Å²) in [6.07, 6.45) is 0. The summed E-state index contributed by atoms with van der Waals surface area (Å²) in [5.41, 5.74) is 0. The second kappa shape index (κ2) is 8.04. The molecule has 0 aromatic rings. The molecule has 0 aliphatic rings. The molecule has 0 aromatic carbocycles. The Bertz CT molecular complexity index is 119. The first-order valence-corrected chi connectivity index (χ1v) is 2.89. The number of carbonyl (C=O) groups excluding carboxylic acids is 2. The molecule has 0 saturated carbocycles. The quantitative estimate of drug-likeness (QED) is 0.331. The van der Waals surface area contributed by atoms with Gasteiger partial charge in [-0.05, 0) is 0 Å². The van der Waals surface area contributed by atoms with Crippen LogP contribution in [0.15, 0.2) is 0 Å². The van der Waals surface area contributed by atoms with E-state index in [9.17, 15) is 9.59 Å². The van der Waals surface area contributed by atoms with Crippen molar-refractivity contribution in [1.82, 2.24) is 0 Å². The van der Waals surface area contributed by atoms with E-state index < -0.39 is 0 Å². The van der Waals surface area contributed by atoms with Gasteiger partial charge < -0.3 is 9.47 Å². The van der Waals surface area contributed by atoms with Crippen molar-refractivity contribution in [1.29, 1.82) is 0 Å². The summed E-state index contributed by atoms with van der Waals surface area (Å²) in [6, 6.07) is 0. The van der Waals surface area contributed by atoms with Crippen LogP contribution in [0.4, 0.5) is 0 Å². The zero-order valence-corrected chi connectivity index (χ0v) is 9.05. The Balaban J connectivity index is 0. The summed E-state index contributed by atoms with van der Waals surface area (Å²) in [7, 11) is 0. The van der Waals surface area contributed by atoms with Gasteiger partial charge in [0.1, 0.15) is 13.2 Å². The Hall–Kier alpha value is -0.0600. The summed E-state index contributed by atoms with van der Waals surface area (Å²) >= 11 is 0.